The van der Waals surface area contributed by atoms with Crippen LogP contribution in [0.3, 0.4) is 0 Å². The van der Waals surface area contributed by atoms with Crippen molar-refractivity contribution >= 4 is 0 Å². The number of aliphatic hydroxyl groups is 3. The summed E-state index contributed by atoms with van der Waals surface area (Å²) in [6.07, 6.45) is -2.81. The lowest BCUT2D eigenvalue weighted by Crippen LogP contribution is -2.33. The fraction of sp³-hybridized carbons (Fsp3) is 1.00. The van der Waals surface area contributed by atoms with Crippen LogP contribution in [-0.2, 0) is 4.74 Å². The molecule has 0 spiro atoms. The summed E-state index contributed by atoms with van der Waals surface area (Å²) < 4.78 is 4.98. The van der Waals surface area contributed by atoms with Gasteiger partial charge in [0, 0.05) is 0 Å². The average molecular weight is 148 g/mol. The molecular weight excluding hydrogens is 136 g/mol. The first-order valence-electron chi connectivity index (χ1n) is 3.29. The second kappa shape index (κ2) is 2.84. The van der Waals surface area contributed by atoms with E-state index in [-0.39, 0.29) is 12.7 Å². The molecule has 1 rings (SSSR count). The predicted octanol–water partition coefficient (Wildman–Crippen LogP) is -1.51. The molecule has 1 fully saturated rings. The highest BCUT2D eigenvalue weighted by atomic mass is 16.5. The first kappa shape index (κ1) is 7.94. The van der Waals surface area contributed by atoms with Crippen molar-refractivity contribution in [1.82, 2.24) is 0 Å². The molecule has 10 heavy (non-hydrogen) atoms. The minimum Gasteiger partial charge on any atom is -0.394 e. The van der Waals surface area contributed by atoms with Gasteiger partial charge in [0.05, 0.1) is 12.7 Å². The molecular formula is C6H12O4. The lowest BCUT2D eigenvalue weighted by Gasteiger charge is -2.10. The average Bonchev–Trinajstić information content (AvgIpc) is 2.17. The number of ether oxygens (including phenoxy) is 1. The second-order valence-electron chi connectivity index (χ2n) is 2.54. The van der Waals surface area contributed by atoms with Gasteiger partial charge in [0.2, 0.25) is 0 Å². The first-order valence-corrected chi connectivity index (χ1v) is 3.29. The molecule has 4 atom stereocenters. The van der Waals surface area contributed by atoms with Gasteiger partial charge in [0.25, 0.3) is 0 Å². The van der Waals surface area contributed by atoms with Crippen molar-refractivity contribution in [3.63, 3.8) is 0 Å². The predicted molar refractivity (Wildman–Crippen MR) is 33.4 cm³/mol. The second-order valence-corrected chi connectivity index (χ2v) is 2.54. The maximum absolute atomic E-state index is 9.09. The molecule has 1 heterocycles. The third-order valence-electron chi connectivity index (χ3n) is 1.78. The van der Waals surface area contributed by atoms with E-state index in [1.807, 2.05) is 0 Å². The zero-order valence-corrected chi connectivity index (χ0v) is 5.77. The molecule has 0 aromatic carbocycles. The summed E-state index contributed by atoms with van der Waals surface area (Å²) >= 11 is 0. The molecule has 4 nitrogen and oxygen atoms in total. The van der Waals surface area contributed by atoms with Gasteiger partial charge in [-0.2, -0.15) is 0 Å². The molecule has 60 valence electrons. The van der Waals surface area contributed by atoms with Crippen molar-refractivity contribution in [2.24, 2.45) is 0 Å². The van der Waals surface area contributed by atoms with E-state index in [0.29, 0.717) is 0 Å². The third-order valence-corrected chi connectivity index (χ3v) is 1.78. The summed E-state index contributed by atoms with van der Waals surface area (Å²) in [4.78, 5) is 0. The van der Waals surface area contributed by atoms with Gasteiger partial charge in [-0.05, 0) is 6.92 Å². The van der Waals surface area contributed by atoms with Crippen molar-refractivity contribution in [3.8, 4) is 0 Å². The molecule has 0 saturated carbocycles. The number of rotatable bonds is 1. The minimum absolute atomic E-state index is 0.247. The summed E-state index contributed by atoms with van der Waals surface area (Å²) in [5.74, 6) is 0. The van der Waals surface area contributed by atoms with E-state index in [4.69, 9.17) is 20.1 Å². The molecule has 0 bridgehead atoms. The molecule has 0 radical (unpaired) electrons. The molecule has 0 aromatic rings. The quantitative estimate of drug-likeness (QED) is 0.422. The summed E-state index contributed by atoms with van der Waals surface area (Å²) in [5.41, 5.74) is 0. The van der Waals surface area contributed by atoms with Crippen LogP contribution in [0.2, 0.25) is 0 Å². The fourth-order valence-electron chi connectivity index (χ4n) is 1.09. The fourth-order valence-corrected chi connectivity index (χ4v) is 1.09. The van der Waals surface area contributed by atoms with E-state index in [9.17, 15) is 0 Å². The largest absolute Gasteiger partial charge is 0.394 e. The van der Waals surface area contributed by atoms with E-state index in [0.717, 1.165) is 0 Å². The van der Waals surface area contributed by atoms with Crippen LogP contribution in [0.1, 0.15) is 6.92 Å². The summed E-state index contributed by atoms with van der Waals surface area (Å²) in [6, 6.07) is 0. The Balaban J connectivity index is 2.53. The van der Waals surface area contributed by atoms with E-state index >= 15 is 0 Å². The van der Waals surface area contributed by atoms with Gasteiger partial charge < -0.3 is 20.1 Å². The standard InChI is InChI=1S/C6H12O4/c1-3-5(8)6(9)4(2-7)10-3/h3-9H,2H2,1H3/t3?,4-,5+,6+/m1/s1. The first-order chi connectivity index (χ1) is 4.66. The molecule has 1 saturated heterocycles. The lowest BCUT2D eigenvalue weighted by molar-refractivity contribution is -0.0171. The smallest absolute Gasteiger partial charge is 0.111 e. The zero-order valence-electron chi connectivity index (χ0n) is 5.77. The Hall–Kier alpha value is -0.160. The number of hydrogen-bond acceptors (Lipinski definition) is 4. The van der Waals surface area contributed by atoms with E-state index in [1.54, 1.807) is 6.92 Å². The van der Waals surface area contributed by atoms with Crippen LogP contribution in [0.4, 0.5) is 0 Å². The van der Waals surface area contributed by atoms with Crippen LogP contribution in [0.15, 0.2) is 0 Å². The highest BCUT2D eigenvalue weighted by molar-refractivity contribution is 4.87. The molecule has 4 heteroatoms. The summed E-state index contributed by atoms with van der Waals surface area (Å²) in [6.45, 7) is 1.41. The molecule has 0 amide bonds. The SMILES string of the molecule is CC1O[C@H](CO)[C@H](O)[C@H]1O. The van der Waals surface area contributed by atoms with Crippen LogP contribution >= 0.6 is 0 Å². The maximum atomic E-state index is 9.09. The van der Waals surface area contributed by atoms with Gasteiger partial charge in [0.1, 0.15) is 18.3 Å². The van der Waals surface area contributed by atoms with Crippen molar-refractivity contribution in [2.75, 3.05) is 6.61 Å². The summed E-state index contributed by atoms with van der Waals surface area (Å²) in [5, 5.41) is 26.8. The Morgan fingerprint density at radius 3 is 2.10 bits per heavy atom. The van der Waals surface area contributed by atoms with E-state index < -0.39 is 18.3 Å². The van der Waals surface area contributed by atoms with Crippen LogP contribution in [0.25, 0.3) is 0 Å². The monoisotopic (exact) mass is 148 g/mol. The molecule has 3 N–H and O–H groups in total. The van der Waals surface area contributed by atoms with Crippen molar-refractivity contribution in [2.45, 2.75) is 31.3 Å². The minimum atomic E-state index is -0.944. The van der Waals surface area contributed by atoms with E-state index in [1.165, 1.54) is 0 Å². The van der Waals surface area contributed by atoms with Crippen molar-refractivity contribution < 1.29 is 20.1 Å². The molecule has 0 aromatic heterocycles. The Morgan fingerprint density at radius 2 is 1.90 bits per heavy atom. The molecule has 0 aliphatic carbocycles. The van der Waals surface area contributed by atoms with Gasteiger partial charge in [-0.25, -0.2) is 0 Å². The van der Waals surface area contributed by atoms with Crippen molar-refractivity contribution in [3.05, 3.63) is 0 Å². The summed E-state index contributed by atoms with van der Waals surface area (Å²) in [7, 11) is 0. The van der Waals surface area contributed by atoms with Gasteiger partial charge in [0.15, 0.2) is 0 Å². The Bertz CT molecular complexity index is 116. The van der Waals surface area contributed by atoms with Gasteiger partial charge in [-0.3, -0.25) is 0 Å². The van der Waals surface area contributed by atoms with Crippen LogP contribution < -0.4 is 0 Å². The number of aliphatic hydroxyl groups excluding tert-OH is 3. The van der Waals surface area contributed by atoms with Crippen LogP contribution in [0.5, 0.6) is 0 Å². The van der Waals surface area contributed by atoms with Crippen LogP contribution in [0, 0.1) is 0 Å². The van der Waals surface area contributed by atoms with Gasteiger partial charge >= 0.3 is 0 Å². The topological polar surface area (TPSA) is 69.9 Å². The van der Waals surface area contributed by atoms with Gasteiger partial charge in [-0.1, -0.05) is 0 Å². The lowest BCUT2D eigenvalue weighted by atomic mass is 10.1. The highest BCUT2D eigenvalue weighted by Crippen LogP contribution is 2.19. The Labute approximate surface area is 59.1 Å². The molecule has 1 aliphatic heterocycles. The molecule has 1 aliphatic rings. The highest BCUT2D eigenvalue weighted by Gasteiger charge is 2.39. The zero-order chi connectivity index (χ0) is 7.72. The Morgan fingerprint density at radius 1 is 1.30 bits per heavy atom. The normalized spacial score (nSPS) is 48.0. The van der Waals surface area contributed by atoms with Crippen LogP contribution in [-0.4, -0.2) is 46.3 Å². The molecule has 1 unspecified atom stereocenters. The van der Waals surface area contributed by atoms with Gasteiger partial charge in [-0.15, -0.1) is 0 Å². The van der Waals surface area contributed by atoms with Crippen molar-refractivity contribution in [1.29, 1.82) is 0 Å². The Kier molecular flexibility index (Phi) is 2.25. The number of hydrogen-bond donors (Lipinski definition) is 3. The maximum Gasteiger partial charge on any atom is 0.111 e. The third kappa shape index (κ3) is 1.15. The van der Waals surface area contributed by atoms with E-state index in [2.05, 4.69) is 0 Å².